The van der Waals surface area contributed by atoms with Gasteiger partial charge in [-0.25, -0.2) is 9.48 Å². The molecule has 2 rings (SSSR count). The van der Waals surface area contributed by atoms with Gasteiger partial charge in [-0.3, -0.25) is 4.79 Å². The molecule has 1 heterocycles. The molecule has 0 radical (unpaired) electrons. The normalized spacial score (nSPS) is 12.2. The van der Waals surface area contributed by atoms with E-state index >= 15 is 0 Å². The summed E-state index contributed by atoms with van der Waals surface area (Å²) in [6, 6.07) is 6.79. The highest BCUT2D eigenvalue weighted by Crippen LogP contribution is 2.13. The highest BCUT2D eigenvalue weighted by molar-refractivity contribution is 5.96. The van der Waals surface area contributed by atoms with Gasteiger partial charge in [-0.1, -0.05) is 32.0 Å². The van der Waals surface area contributed by atoms with Crippen molar-refractivity contribution in [3.05, 3.63) is 47.8 Å². The second-order valence-electron chi connectivity index (χ2n) is 5.95. The zero-order valence-electron chi connectivity index (χ0n) is 13.5. The Kier molecular flexibility index (Phi) is 5.16. The van der Waals surface area contributed by atoms with Crippen molar-refractivity contribution in [2.24, 2.45) is 5.92 Å². The molecule has 6 nitrogen and oxygen atoms in total. The minimum Gasteiger partial charge on any atom is -0.480 e. The van der Waals surface area contributed by atoms with Gasteiger partial charge in [0.25, 0.3) is 5.91 Å². The topological polar surface area (TPSA) is 84.2 Å². The van der Waals surface area contributed by atoms with Crippen molar-refractivity contribution in [2.75, 3.05) is 0 Å². The van der Waals surface area contributed by atoms with E-state index in [0.717, 1.165) is 11.3 Å². The second kappa shape index (κ2) is 7.09. The van der Waals surface area contributed by atoms with Crippen molar-refractivity contribution in [1.29, 1.82) is 0 Å². The Bertz CT molecular complexity index is 707. The number of aryl methyl sites for hydroxylation is 1. The van der Waals surface area contributed by atoms with Crippen molar-refractivity contribution < 1.29 is 14.7 Å². The molecule has 0 saturated carbocycles. The lowest BCUT2D eigenvalue weighted by Crippen LogP contribution is -2.41. The number of aliphatic carboxylic acids is 1. The SMILES string of the molecule is Cc1ccccc1-n1cc(C(=O)NC(CC(C)C)C(=O)O)cn1. The minimum absolute atomic E-state index is 0.172. The molecule has 0 aliphatic rings. The van der Waals surface area contributed by atoms with Crippen LogP contribution in [0.25, 0.3) is 5.69 Å². The Morgan fingerprint density at radius 2 is 2.00 bits per heavy atom. The Morgan fingerprint density at radius 1 is 1.30 bits per heavy atom. The number of carbonyl (C=O) groups is 2. The first kappa shape index (κ1) is 16.7. The highest BCUT2D eigenvalue weighted by atomic mass is 16.4. The van der Waals surface area contributed by atoms with E-state index < -0.39 is 17.9 Å². The predicted molar refractivity (Wildman–Crippen MR) is 86.6 cm³/mol. The molecular formula is C17H21N3O3. The lowest BCUT2D eigenvalue weighted by Gasteiger charge is -2.15. The Labute approximate surface area is 135 Å². The summed E-state index contributed by atoms with van der Waals surface area (Å²) in [6.07, 6.45) is 3.43. The number of hydrogen-bond acceptors (Lipinski definition) is 3. The van der Waals surface area contributed by atoms with Crippen LogP contribution < -0.4 is 5.32 Å². The van der Waals surface area contributed by atoms with E-state index in [1.165, 1.54) is 6.20 Å². The summed E-state index contributed by atoms with van der Waals surface area (Å²) in [6.45, 7) is 5.79. The van der Waals surface area contributed by atoms with Crippen LogP contribution in [-0.4, -0.2) is 32.8 Å². The van der Waals surface area contributed by atoms with E-state index in [-0.39, 0.29) is 5.92 Å². The van der Waals surface area contributed by atoms with E-state index in [9.17, 15) is 14.7 Å². The number of carboxylic acid groups (broad SMARTS) is 1. The van der Waals surface area contributed by atoms with Gasteiger partial charge >= 0.3 is 5.97 Å². The average molecular weight is 315 g/mol. The van der Waals surface area contributed by atoms with Crippen LogP contribution in [0, 0.1) is 12.8 Å². The molecular weight excluding hydrogens is 294 g/mol. The van der Waals surface area contributed by atoms with Crippen LogP contribution in [0.3, 0.4) is 0 Å². The molecule has 6 heteroatoms. The quantitative estimate of drug-likeness (QED) is 0.857. The van der Waals surface area contributed by atoms with Gasteiger partial charge in [0.2, 0.25) is 0 Å². The molecule has 1 atom stereocenters. The first-order valence-corrected chi connectivity index (χ1v) is 7.53. The monoisotopic (exact) mass is 315 g/mol. The molecule has 23 heavy (non-hydrogen) atoms. The number of nitrogens with zero attached hydrogens (tertiary/aromatic N) is 2. The van der Waals surface area contributed by atoms with Crippen LogP contribution in [0.5, 0.6) is 0 Å². The van der Waals surface area contributed by atoms with Crippen molar-refractivity contribution in [2.45, 2.75) is 33.2 Å². The number of amides is 1. The smallest absolute Gasteiger partial charge is 0.326 e. The molecule has 0 aliphatic heterocycles. The van der Waals surface area contributed by atoms with Gasteiger partial charge in [0.15, 0.2) is 0 Å². The first-order chi connectivity index (χ1) is 10.9. The lowest BCUT2D eigenvalue weighted by atomic mass is 10.0. The summed E-state index contributed by atoms with van der Waals surface area (Å²) in [5, 5.41) is 15.9. The molecule has 0 aliphatic carbocycles. The van der Waals surface area contributed by atoms with Crippen molar-refractivity contribution >= 4 is 11.9 Å². The molecule has 0 spiro atoms. The number of nitrogens with one attached hydrogen (secondary N) is 1. The standard InChI is InChI=1S/C17H21N3O3/c1-11(2)8-14(17(22)23)19-16(21)13-9-18-20(10-13)15-7-5-4-6-12(15)3/h4-7,9-11,14H,8H2,1-3H3,(H,19,21)(H,22,23). The number of para-hydroxylation sites is 1. The fourth-order valence-corrected chi connectivity index (χ4v) is 2.33. The van der Waals surface area contributed by atoms with Crippen molar-refractivity contribution in [3.8, 4) is 5.69 Å². The van der Waals surface area contributed by atoms with Gasteiger partial charge in [0.1, 0.15) is 6.04 Å². The van der Waals surface area contributed by atoms with Crippen molar-refractivity contribution in [3.63, 3.8) is 0 Å². The van der Waals surface area contributed by atoms with Crippen LogP contribution in [0.1, 0.15) is 36.2 Å². The third-order valence-electron chi connectivity index (χ3n) is 3.52. The number of carboxylic acids is 1. The number of rotatable bonds is 6. The molecule has 1 aromatic carbocycles. The van der Waals surface area contributed by atoms with Crippen LogP contribution in [0.2, 0.25) is 0 Å². The van der Waals surface area contributed by atoms with E-state index in [0.29, 0.717) is 12.0 Å². The Morgan fingerprint density at radius 3 is 2.61 bits per heavy atom. The highest BCUT2D eigenvalue weighted by Gasteiger charge is 2.22. The lowest BCUT2D eigenvalue weighted by molar-refractivity contribution is -0.139. The largest absolute Gasteiger partial charge is 0.480 e. The van der Waals surface area contributed by atoms with E-state index in [4.69, 9.17) is 0 Å². The minimum atomic E-state index is -1.03. The molecule has 0 saturated heterocycles. The van der Waals surface area contributed by atoms with Gasteiger partial charge in [-0.15, -0.1) is 0 Å². The fraction of sp³-hybridized carbons (Fsp3) is 0.353. The molecule has 1 unspecified atom stereocenters. The summed E-state index contributed by atoms with van der Waals surface area (Å²) in [5.41, 5.74) is 2.25. The van der Waals surface area contributed by atoms with Gasteiger partial charge < -0.3 is 10.4 Å². The predicted octanol–water partition coefficient (Wildman–Crippen LogP) is 2.41. The zero-order valence-corrected chi connectivity index (χ0v) is 13.5. The first-order valence-electron chi connectivity index (χ1n) is 7.53. The molecule has 1 aromatic heterocycles. The van der Waals surface area contributed by atoms with Gasteiger partial charge in [0, 0.05) is 6.20 Å². The third kappa shape index (κ3) is 4.18. The van der Waals surface area contributed by atoms with Crippen LogP contribution in [-0.2, 0) is 4.79 Å². The molecule has 0 fully saturated rings. The van der Waals surface area contributed by atoms with Crippen LogP contribution >= 0.6 is 0 Å². The second-order valence-corrected chi connectivity index (χ2v) is 5.95. The number of carbonyl (C=O) groups excluding carboxylic acids is 1. The zero-order chi connectivity index (χ0) is 17.0. The van der Waals surface area contributed by atoms with Gasteiger partial charge in [-0.05, 0) is 30.9 Å². The maximum Gasteiger partial charge on any atom is 0.326 e. The number of hydrogen-bond donors (Lipinski definition) is 2. The van der Waals surface area contributed by atoms with E-state index in [1.54, 1.807) is 10.9 Å². The Hall–Kier alpha value is -2.63. The van der Waals surface area contributed by atoms with Gasteiger partial charge in [0.05, 0.1) is 17.4 Å². The third-order valence-corrected chi connectivity index (χ3v) is 3.52. The van der Waals surface area contributed by atoms with E-state index in [1.807, 2.05) is 45.0 Å². The maximum atomic E-state index is 12.2. The van der Waals surface area contributed by atoms with Crippen LogP contribution in [0.4, 0.5) is 0 Å². The van der Waals surface area contributed by atoms with Crippen LogP contribution in [0.15, 0.2) is 36.7 Å². The fourth-order valence-electron chi connectivity index (χ4n) is 2.33. The molecule has 122 valence electrons. The van der Waals surface area contributed by atoms with Gasteiger partial charge in [-0.2, -0.15) is 5.10 Å². The summed E-state index contributed by atoms with van der Waals surface area (Å²) in [5.74, 6) is -1.29. The summed E-state index contributed by atoms with van der Waals surface area (Å²) in [4.78, 5) is 23.5. The molecule has 2 aromatic rings. The summed E-state index contributed by atoms with van der Waals surface area (Å²) < 4.78 is 1.61. The Balaban J connectivity index is 2.15. The number of aromatic nitrogens is 2. The van der Waals surface area contributed by atoms with Crippen molar-refractivity contribution in [1.82, 2.24) is 15.1 Å². The summed E-state index contributed by atoms with van der Waals surface area (Å²) in [7, 11) is 0. The summed E-state index contributed by atoms with van der Waals surface area (Å²) >= 11 is 0. The maximum absolute atomic E-state index is 12.2. The van der Waals surface area contributed by atoms with E-state index in [2.05, 4.69) is 10.4 Å². The molecule has 0 bridgehead atoms. The molecule has 2 N–H and O–H groups in total. The molecule has 1 amide bonds. The number of benzene rings is 1. The average Bonchev–Trinajstić information content (AvgIpc) is 2.96.